The Morgan fingerprint density at radius 1 is 1.35 bits per heavy atom. The Hall–Kier alpha value is -1.68. The minimum Gasteiger partial charge on any atom is -0.464 e. The number of piperidine rings is 1. The molecule has 2 rings (SSSR count). The fourth-order valence-corrected chi connectivity index (χ4v) is 4.07. The third-order valence-electron chi connectivity index (χ3n) is 3.83. The fraction of sp³-hybridized carbons (Fsp3) is 0.500. The van der Waals surface area contributed by atoms with Gasteiger partial charge in [-0.1, -0.05) is 12.1 Å². The maximum absolute atomic E-state index is 12.7. The molecule has 8 nitrogen and oxygen atoms in total. The molecule has 0 bridgehead atoms. The van der Waals surface area contributed by atoms with Gasteiger partial charge in [0.1, 0.15) is 4.90 Å². The molecule has 1 saturated heterocycles. The molecule has 0 saturated carbocycles. The molecule has 1 aliphatic rings. The molecule has 9 heteroatoms. The second-order valence-corrected chi connectivity index (χ2v) is 7.17. The Morgan fingerprint density at radius 3 is 2.52 bits per heavy atom. The highest BCUT2D eigenvalue weighted by molar-refractivity contribution is 7.89. The molecule has 0 aliphatic carbocycles. The van der Waals surface area contributed by atoms with Gasteiger partial charge < -0.3 is 9.84 Å². The Morgan fingerprint density at radius 2 is 1.96 bits per heavy atom. The lowest BCUT2D eigenvalue weighted by Crippen LogP contribution is -2.51. The number of anilines is 1. The topological polar surface area (TPSA) is 116 Å². The smallest absolute Gasteiger partial charge is 0.338 e. The van der Waals surface area contributed by atoms with Crippen LogP contribution in [0.15, 0.2) is 29.2 Å². The van der Waals surface area contributed by atoms with Crippen molar-refractivity contribution in [2.75, 3.05) is 25.2 Å². The van der Waals surface area contributed by atoms with Crippen LogP contribution in [-0.4, -0.2) is 54.3 Å². The van der Waals surface area contributed by atoms with Gasteiger partial charge in [-0.05, 0) is 19.1 Å². The molecule has 1 fully saturated rings. The Labute approximate surface area is 134 Å². The van der Waals surface area contributed by atoms with Crippen LogP contribution < -0.4 is 5.48 Å². The number of sulfonamides is 1. The van der Waals surface area contributed by atoms with Crippen LogP contribution in [0.25, 0.3) is 0 Å². The van der Waals surface area contributed by atoms with Gasteiger partial charge >= 0.3 is 5.97 Å². The first-order valence-electron chi connectivity index (χ1n) is 7.24. The first-order valence-corrected chi connectivity index (χ1v) is 8.68. The molecule has 1 aliphatic heterocycles. The van der Waals surface area contributed by atoms with Crippen molar-refractivity contribution in [2.45, 2.75) is 30.3 Å². The van der Waals surface area contributed by atoms with Gasteiger partial charge in [0.25, 0.3) is 0 Å². The summed E-state index contributed by atoms with van der Waals surface area (Å²) in [6.07, 6.45) is -0.0838. The normalized spacial score (nSPS) is 18.4. The SMILES string of the molecule is CCOC(=O)C1(O)CCN(S(=O)(=O)c2ccccc2NO)CC1. The number of para-hydroxylation sites is 1. The number of nitrogens with one attached hydrogen (secondary N) is 1. The van der Waals surface area contributed by atoms with E-state index in [1.54, 1.807) is 19.1 Å². The summed E-state index contributed by atoms with van der Waals surface area (Å²) in [5.41, 5.74) is 0.275. The zero-order valence-electron chi connectivity index (χ0n) is 12.7. The van der Waals surface area contributed by atoms with Crippen molar-refractivity contribution in [3.8, 4) is 0 Å². The van der Waals surface area contributed by atoms with Crippen LogP contribution >= 0.6 is 0 Å². The van der Waals surface area contributed by atoms with Gasteiger partial charge in [-0.15, -0.1) is 0 Å². The summed E-state index contributed by atoms with van der Waals surface area (Å²) in [5.74, 6) is -0.727. The van der Waals surface area contributed by atoms with Crippen LogP contribution in [0.5, 0.6) is 0 Å². The summed E-state index contributed by atoms with van der Waals surface area (Å²) in [6.45, 7) is 1.76. The Bertz CT molecular complexity index is 668. The van der Waals surface area contributed by atoms with Crippen LogP contribution in [0.1, 0.15) is 19.8 Å². The molecule has 23 heavy (non-hydrogen) atoms. The number of nitrogens with zero attached hydrogens (tertiary/aromatic N) is 1. The van der Waals surface area contributed by atoms with Crippen molar-refractivity contribution in [1.82, 2.24) is 4.31 Å². The predicted octanol–water partition coefficient (Wildman–Crippen LogP) is 0.566. The third kappa shape index (κ3) is 3.47. The Balaban J connectivity index is 2.17. The number of ether oxygens (including phenoxy) is 1. The van der Waals surface area contributed by atoms with E-state index in [1.807, 2.05) is 5.48 Å². The van der Waals surface area contributed by atoms with E-state index in [9.17, 15) is 18.3 Å². The molecule has 128 valence electrons. The highest BCUT2D eigenvalue weighted by Crippen LogP contribution is 2.30. The van der Waals surface area contributed by atoms with Gasteiger partial charge in [-0.3, -0.25) is 10.7 Å². The quantitative estimate of drug-likeness (QED) is 0.528. The molecule has 0 atom stereocenters. The number of carbonyl (C=O) groups is 1. The van der Waals surface area contributed by atoms with E-state index in [2.05, 4.69) is 0 Å². The molecule has 0 unspecified atom stereocenters. The van der Waals surface area contributed by atoms with Gasteiger partial charge in [0, 0.05) is 25.9 Å². The number of aliphatic hydroxyl groups is 1. The first-order chi connectivity index (χ1) is 10.8. The minimum atomic E-state index is -3.85. The maximum atomic E-state index is 12.7. The summed E-state index contributed by atoms with van der Waals surface area (Å²) in [6, 6.07) is 5.95. The molecule has 0 radical (unpaired) electrons. The van der Waals surface area contributed by atoms with E-state index in [-0.39, 0.29) is 43.1 Å². The molecule has 1 aromatic rings. The predicted molar refractivity (Wildman–Crippen MR) is 81.4 cm³/mol. The largest absolute Gasteiger partial charge is 0.464 e. The summed E-state index contributed by atoms with van der Waals surface area (Å²) in [7, 11) is -3.85. The number of carbonyl (C=O) groups excluding carboxylic acids is 1. The summed E-state index contributed by atoms with van der Waals surface area (Å²) >= 11 is 0. The van der Waals surface area contributed by atoms with Crippen molar-refractivity contribution in [3.05, 3.63) is 24.3 Å². The van der Waals surface area contributed by atoms with Crippen LogP contribution in [0.2, 0.25) is 0 Å². The maximum Gasteiger partial charge on any atom is 0.338 e. The van der Waals surface area contributed by atoms with Crippen molar-refractivity contribution in [3.63, 3.8) is 0 Å². The summed E-state index contributed by atoms with van der Waals surface area (Å²) in [5, 5.41) is 19.3. The van der Waals surface area contributed by atoms with Gasteiger partial charge in [0.05, 0.1) is 12.3 Å². The molecular formula is C14H20N2O6S. The zero-order chi connectivity index (χ0) is 17.1. The number of rotatable bonds is 5. The average Bonchev–Trinajstić information content (AvgIpc) is 2.55. The lowest BCUT2D eigenvalue weighted by Gasteiger charge is -2.35. The summed E-state index contributed by atoms with van der Waals surface area (Å²) in [4.78, 5) is 11.7. The number of hydrogen-bond acceptors (Lipinski definition) is 7. The lowest BCUT2D eigenvalue weighted by atomic mass is 9.93. The van der Waals surface area contributed by atoms with E-state index < -0.39 is 21.6 Å². The summed E-state index contributed by atoms with van der Waals surface area (Å²) < 4.78 is 31.3. The first kappa shape index (κ1) is 17.7. The van der Waals surface area contributed by atoms with Crippen LogP contribution in [0.4, 0.5) is 5.69 Å². The number of hydrogen-bond donors (Lipinski definition) is 3. The van der Waals surface area contributed by atoms with Gasteiger partial charge in [0.2, 0.25) is 10.0 Å². The van der Waals surface area contributed by atoms with Crippen LogP contribution in [0, 0.1) is 0 Å². The van der Waals surface area contributed by atoms with Gasteiger partial charge in [-0.25, -0.2) is 13.2 Å². The molecular weight excluding hydrogens is 324 g/mol. The zero-order valence-corrected chi connectivity index (χ0v) is 13.5. The monoisotopic (exact) mass is 344 g/mol. The molecule has 0 spiro atoms. The number of benzene rings is 1. The molecule has 3 N–H and O–H groups in total. The molecule has 0 aromatic heterocycles. The molecule has 0 amide bonds. The van der Waals surface area contributed by atoms with Crippen molar-refractivity contribution >= 4 is 21.7 Å². The van der Waals surface area contributed by atoms with Crippen LogP contribution in [-0.2, 0) is 19.6 Å². The Kier molecular flexibility index (Phi) is 5.25. The minimum absolute atomic E-state index is 0.0165. The van der Waals surface area contributed by atoms with E-state index >= 15 is 0 Å². The van der Waals surface area contributed by atoms with Gasteiger partial charge in [-0.2, -0.15) is 4.31 Å². The van der Waals surface area contributed by atoms with E-state index in [0.717, 1.165) is 0 Å². The van der Waals surface area contributed by atoms with Crippen molar-refractivity contribution < 1.29 is 28.3 Å². The van der Waals surface area contributed by atoms with Crippen molar-refractivity contribution in [1.29, 1.82) is 0 Å². The van der Waals surface area contributed by atoms with E-state index in [1.165, 1.54) is 16.4 Å². The van der Waals surface area contributed by atoms with E-state index in [0.29, 0.717) is 0 Å². The van der Waals surface area contributed by atoms with Crippen LogP contribution in [0.3, 0.4) is 0 Å². The standard InChI is InChI=1S/C14H20N2O6S/c1-2-22-13(17)14(18)7-9-16(10-8-14)23(20,21)12-6-4-3-5-11(12)15-19/h3-6,15,18-19H,2,7-10H2,1H3. The van der Waals surface area contributed by atoms with E-state index in [4.69, 9.17) is 9.94 Å². The molecule has 1 heterocycles. The highest BCUT2D eigenvalue weighted by atomic mass is 32.2. The van der Waals surface area contributed by atoms with Gasteiger partial charge in [0.15, 0.2) is 5.60 Å². The number of esters is 1. The second-order valence-electron chi connectivity index (χ2n) is 5.26. The fourth-order valence-electron chi connectivity index (χ4n) is 2.49. The molecule has 1 aromatic carbocycles. The average molecular weight is 344 g/mol. The second kappa shape index (κ2) is 6.83. The highest BCUT2D eigenvalue weighted by Gasteiger charge is 2.43. The third-order valence-corrected chi connectivity index (χ3v) is 5.79. The lowest BCUT2D eigenvalue weighted by molar-refractivity contribution is -0.168. The van der Waals surface area contributed by atoms with Crippen molar-refractivity contribution in [2.24, 2.45) is 0 Å².